The third-order valence-electron chi connectivity index (χ3n) is 4.18. The summed E-state index contributed by atoms with van der Waals surface area (Å²) in [5, 5.41) is 2.81. The number of carbonyl (C=O) groups excluding carboxylic acids is 2. The van der Waals surface area contributed by atoms with Crippen LogP contribution in [0.25, 0.3) is 0 Å². The Balaban J connectivity index is 1.79. The summed E-state index contributed by atoms with van der Waals surface area (Å²) in [4.78, 5) is 26.2. The smallest absolute Gasteiger partial charge is 0.252 e. The molecule has 1 fully saturated rings. The average molecular weight is 328 g/mol. The zero-order valence-corrected chi connectivity index (χ0v) is 13.7. The molecule has 2 heterocycles. The van der Waals surface area contributed by atoms with E-state index in [9.17, 15) is 9.59 Å². The molecule has 24 heavy (non-hydrogen) atoms. The molecule has 1 aromatic heterocycles. The van der Waals surface area contributed by atoms with Crippen LogP contribution in [0.2, 0.25) is 0 Å². The van der Waals surface area contributed by atoms with Crippen LogP contribution < -0.4 is 5.32 Å². The Morgan fingerprint density at radius 3 is 2.71 bits per heavy atom. The fourth-order valence-electron chi connectivity index (χ4n) is 2.78. The molecule has 1 saturated heterocycles. The third-order valence-corrected chi connectivity index (χ3v) is 4.18. The topological polar surface area (TPSA) is 71.8 Å². The lowest BCUT2D eigenvalue weighted by Crippen LogP contribution is -2.52. The summed E-state index contributed by atoms with van der Waals surface area (Å²) in [6.45, 7) is 2.17. The van der Waals surface area contributed by atoms with Gasteiger partial charge in [0.25, 0.3) is 5.91 Å². The van der Waals surface area contributed by atoms with Gasteiger partial charge in [0.05, 0.1) is 18.8 Å². The van der Waals surface area contributed by atoms with E-state index in [0.29, 0.717) is 5.76 Å². The van der Waals surface area contributed by atoms with Gasteiger partial charge in [0.1, 0.15) is 12.4 Å². The number of hydrogen-bond donors (Lipinski definition) is 1. The molecule has 2 aromatic rings. The van der Waals surface area contributed by atoms with Gasteiger partial charge in [-0.05, 0) is 24.6 Å². The molecule has 126 valence electrons. The summed E-state index contributed by atoms with van der Waals surface area (Å²) >= 11 is 0. The lowest BCUT2D eigenvalue weighted by Gasteiger charge is -2.38. The molecular formula is C18H20N2O4. The van der Waals surface area contributed by atoms with Gasteiger partial charge in [-0.3, -0.25) is 9.59 Å². The first-order valence-electron chi connectivity index (χ1n) is 7.80. The molecule has 0 unspecified atom stereocenters. The number of aryl methyl sites for hydroxylation is 1. The Hall–Kier alpha value is -2.60. The third kappa shape index (κ3) is 3.33. The summed E-state index contributed by atoms with van der Waals surface area (Å²) in [6.07, 6.45) is 0.797. The van der Waals surface area contributed by atoms with Gasteiger partial charge in [-0.25, -0.2) is 0 Å². The summed E-state index contributed by atoms with van der Waals surface area (Å²) in [5.74, 6) is 0.252. The maximum Gasteiger partial charge on any atom is 0.252 e. The fourth-order valence-corrected chi connectivity index (χ4v) is 2.78. The number of ether oxygens (including phenoxy) is 1. The molecule has 0 aliphatic carbocycles. The Labute approximate surface area is 140 Å². The number of nitrogens with one attached hydrogen (secondary N) is 1. The molecule has 1 N–H and O–H groups in total. The van der Waals surface area contributed by atoms with Crippen LogP contribution in [0.15, 0.2) is 47.1 Å². The average Bonchev–Trinajstić information content (AvgIpc) is 3.09. The van der Waals surface area contributed by atoms with E-state index < -0.39 is 12.1 Å². The molecule has 1 aliphatic rings. The van der Waals surface area contributed by atoms with Crippen LogP contribution in [0.4, 0.5) is 0 Å². The van der Waals surface area contributed by atoms with Crippen molar-refractivity contribution in [1.82, 2.24) is 10.2 Å². The Bertz CT molecular complexity index is 709. The van der Waals surface area contributed by atoms with Gasteiger partial charge < -0.3 is 19.4 Å². The minimum Gasteiger partial charge on any atom is -0.467 e. The molecule has 0 radical (unpaired) electrons. The van der Waals surface area contributed by atoms with Crippen LogP contribution in [0, 0.1) is 6.92 Å². The van der Waals surface area contributed by atoms with E-state index in [0.717, 1.165) is 11.1 Å². The lowest BCUT2D eigenvalue weighted by atomic mass is 9.97. The highest BCUT2D eigenvalue weighted by molar-refractivity contribution is 5.86. The molecule has 1 aliphatic heterocycles. The van der Waals surface area contributed by atoms with Crippen molar-refractivity contribution in [2.24, 2.45) is 0 Å². The quantitative estimate of drug-likeness (QED) is 0.929. The number of likely N-dealkylation sites (N-methyl/N-ethyl adjacent to an activating group) is 1. The van der Waals surface area contributed by atoms with Gasteiger partial charge in [-0.2, -0.15) is 0 Å². The maximum absolute atomic E-state index is 12.6. The van der Waals surface area contributed by atoms with Gasteiger partial charge in [-0.15, -0.1) is 0 Å². The van der Waals surface area contributed by atoms with Gasteiger partial charge in [-0.1, -0.05) is 29.8 Å². The molecule has 0 bridgehead atoms. The van der Waals surface area contributed by atoms with Crippen molar-refractivity contribution in [2.45, 2.75) is 25.6 Å². The first-order chi connectivity index (χ1) is 11.6. The van der Waals surface area contributed by atoms with Crippen molar-refractivity contribution >= 4 is 11.8 Å². The number of amides is 2. The molecule has 0 saturated carbocycles. The number of furan rings is 1. The SMILES string of the molecule is Cc1ccc([C@@H]2[C@H](C(=O)NCc3ccco3)OCC(=O)N2C)cc1. The van der Waals surface area contributed by atoms with Crippen molar-refractivity contribution in [1.29, 1.82) is 0 Å². The fraction of sp³-hybridized carbons (Fsp3) is 0.333. The standard InChI is InChI=1S/C18H20N2O4/c1-12-5-7-13(8-6-12)16-17(24-11-15(21)20(16)2)18(22)19-10-14-4-3-9-23-14/h3-9,16-17H,10-11H2,1-2H3,(H,19,22)/t16-,17-/m1/s1. The molecule has 6 heteroatoms. The molecule has 1 aromatic carbocycles. The first kappa shape index (κ1) is 16.3. The van der Waals surface area contributed by atoms with Gasteiger partial charge in [0.15, 0.2) is 6.10 Å². The largest absolute Gasteiger partial charge is 0.467 e. The monoisotopic (exact) mass is 328 g/mol. The van der Waals surface area contributed by atoms with Crippen molar-refractivity contribution < 1.29 is 18.7 Å². The van der Waals surface area contributed by atoms with E-state index in [4.69, 9.17) is 9.15 Å². The molecule has 0 spiro atoms. The lowest BCUT2D eigenvalue weighted by molar-refractivity contribution is -0.162. The zero-order chi connectivity index (χ0) is 17.1. The molecule has 3 rings (SSSR count). The second kappa shape index (κ2) is 6.88. The highest BCUT2D eigenvalue weighted by Crippen LogP contribution is 2.29. The van der Waals surface area contributed by atoms with E-state index in [-0.39, 0.29) is 25.0 Å². The molecule has 6 nitrogen and oxygen atoms in total. The van der Waals surface area contributed by atoms with Crippen LogP contribution in [-0.2, 0) is 20.9 Å². The van der Waals surface area contributed by atoms with Gasteiger partial charge in [0.2, 0.25) is 5.91 Å². The summed E-state index contributed by atoms with van der Waals surface area (Å²) in [6, 6.07) is 10.9. The predicted molar refractivity (Wildman–Crippen MR) is 87.0 cm³/mol. The number of benzene rings is 1. The summed E-state index contributed by atoms with van der Waals surface area (Å²) < 4.78 is 10.8. The molecule has 2 amide bonds. The van der Waals surface area contributed by atoms with Crippen LogP contribution >= 0.6 is 0 Å². The number of morpholine rings is 1. The summed E-state index contributed by atoms with van der Waals surface area (Å²) in [5.41, 5.74) is 1.98. The highest BCUT2D eigenvalue weighted by Gasteiger charge is 2.39. The van der Waals surface area contributed by atoms with Crippen molar-refractivity contribution in [3.8, 4) is 0 Å². The van der Waals surface area contributed by atoms with Crippen LogP contribution in [0.3, 0.4) is 0 Å². The molecule has 2 atom stereocenters. The zero-order valence-electron chi connectivity index (χ0n) is 13.7. The number of hydrogen-bond acceptors (Lipinski definition) is 4. The van der Waals surface area contributed by atoms with Crippen molar-refractivity contribution in [3.05, 3.63) is 59.5 Å². The van der Waals surface area contributed by atoms with E-state index in [1.165, 1.54) is 0 Å². The number of nitrogens with zero attached hydrogens (tertiary/aromatic N) is 1. The van der Waals surface area contributed by atoms with E-state index >= 15 is 0 Å². The molecular weight excluding hydrogens is 308 g/mol. The van der Waals surface area contributed by atoms with Crippen molar-refractivity contribution in [3.63, 3.8) is 0 Å². The van der Waals surface area contributed by atoms with E-state index in [1.54, 1.807) is 30.3 Å². The highest BCUT2D eigenvalue weighted by atomic mass is 16.5. The Morgan fingerprint density at radius 2 is 2.04 bits per heavy atom. The first-order valence-corrected chi connectivity index (χ1v) is 7.80. The Kier molecular flexibility index (Phi) is 4.66. The second-order valence-corrected chi connectivity index (χ2v) is 5.89. The van der Waals surface area contributed by atoms with Crippen molar-refractivity contribution in [2.75, 3.05) is 13.7 Å². The maximum atomic E-state index is 12.6. The minimum atomic E-state index is -0.759. The predicted octanol–water partition coefficient (Wildman–Crippen LogP) is 1.80. The van der Waals surface area contributed by atoms with E-state index in [1.807, 2.05) is 31.2 Å². The van der Waals surface area contributed by atoms with Gasteiger partial charge in [0, 0.05) is 7.05 Å². The minimum absolute atomic E-state index is 0.0995. The van der Waals surface area contributed by atoms with Crippen LogP contribution in [0.5, 0.6) is 0 Å². The normalized spacial score (nSPS) is 20.9. The van der Waals surface area contributed by atoms with Gasteiger partial charge >= 0.3 is 0 Å². The number of carbonyl (C=O) groups is 2. The van der Waals surface area contributed by atoms with E-state index in [2.05, 4.69) is 5.32 Å². The summed E-state index contributed by atoms with van der Waals surface area (Å²) in [7, 11) is 1.70. The number of rotatable bonds is 4. The Morgan fingerprint density at radius 1 is 1.29 bits per heavy atom. The second-order valence-electron chi connectivity index (χ2n) is 5.89. The van der Waals surface area contributed by atoms with Crippen LogP contribution in [0.1, 0.15) is 22.9 Å². The van der Waals surface area contributed by atoms with Crippen LogP contribution in [-0.4, -0.2) is 36.5 Å².